The number of hydrogen-bond acceptors (Lipinski definition) is 3. The summed E-state index contributed by atoms with van der Waals surface area (Å²) in [6.07, 6.45) is 2.15. The van der Waals surface area contributed by atoms with Gasteiger partial charge in [0.05, 0.1) is 17.2 Å². The van der Waals surface area contributed by atoms with Gasteiger partial charge >= 0.3 is 0 Å². The maximum absolute atomic E-state index is 13.4. The van der Waals surface area contributed by atoms with E-state index in [1.807, 2.05) is 6.92 Å². The molecular formula is C15H14ClFN2O2. The fourth-order valence-corrected chi connectivity index (χ4v) is 1.90. The van der Waals surface area contributed by atoms with Crippen molar-refractivity contribution < 1.29 is 13.9 Å². The van der Waals surface area contributed by atoms with Gasteiger partial charge in [0.2, 0.25) is 5.95 Å². The number of nitrogens with zero attached hydrogens (tertiary/aromatic N) is 1. The molecule has 0 aliphatic heterocycles. The topological polar surface area (TPSA) is 51.2 Å². The third-order valence-electron chi connectivity index (χ3n) is 2.66. The monoisotopic (exact) mass is 308 g/mol. The highest BCUT2D eigenvalue weighted by atomic mass is 35.5. The number of benzene rings is 1. The summed E-state index contributed by atoms with van der Waals surface area (Å²) < 4.78 is 18.8. The van der Waals surface area contributed by atoms with Crippen molar-refractivity contribution in [2.75, 3.05) is 11.9 Å². The summed E-state index contributed by atoms with van der Waals surface area (Å²) in [6.45, 7) is 2.55. The van der Waals surface area contributed by atoms with E-state index in [1.54, 1.807) is 18.2 Å². The summed E-state index contributed by atoms with van der Waals surface area (Å²) >= 11 is 6.06. The molecule has 0 saturated carbocycles. The van der Waals surface area contributed by atoms with Crippen LogP contribution in [0.15, 0.2) is 36.5 Å². The molecular weight excluding hydrogens is 295 g/mol. The van der Waals surface area contributed by atoms with Crippen LogP contribution in [0.25, 0.3) is 0 Å². The van der Waals surface area contributed by atoms with Gasteiger partial charge in [-0.15, -0.1) is 0 Å². The Labute approximate surface area is 126 Å². The van der Waals surface area contributed by atoms with Gasteiger partial charge in [0, 0.05) is 11.9 Å². The standard InChI is InChI=1S/C15H14ClFN2O2/c1-2-8-21-13-6-5-10(9-12(13)16)19-15(20)11-4-3-7-18-14(11)17/h3-7,9H,2,8H2,1H3,(H,19,20). The molecule has 1 aromatic carbocycles. The van der Waals surface area contributed by atoms with Crippen molar-refractivity contribution in [3.05, 3.63) is 53.1 Å². The minimum Gasteiger partial charge on any atom is -0.492 e. The predicted octanol–water partition coefficient (Wildman–Crippen LogP) is 3.92. The van der Waals surface area contributed by atoms with E-state index in [2.05, 4.69) is 10.3 Å². The number of carbonyl (C=O) groups is 1. The molecule has 4 nitrogen and oxygen atoms in total. The number of carbonyl (C=O) groups excluding carboxylic acids is 1. The first kappa shape index (κ1) is 15.3. The zero-order valence-corrected chi connectivity index (χ0v) is 12.2. The molecule has 0 saturated heterocycles. The molecule has 1 amide bonds. The van der Waals surface area contributed by atoms with Gasteiger partial charge in [0.1, 0.15) is 5.75 Å². The van der Waals surface area contributed by atoms with Gasteiger partial charge in [-0.3, -0.25) is 4.79 Å². The van der Waals surface area contributed by atoms with Crippen LogP contribution in [-0.4, -0.2) is 17.5 Å². The van der Waals surface area contributed by atoms with Gasteiger partial charge in [-0.25, -0.2) is 4.98 Å². The third-order valence-corrected chi connectivity index (χ3v) is 2.95. The van der Waals surface area contributed by atoms with E-state index >= 15 is 0 Å². The molecule has 0 spiro atoms. The first-order chi connectivity index (χ1) is 10.1. The minimum absolute atomic E-state index is 0.125. The maximum atomic E-state index is 13.4. The van der Waals surface area contributed by atoms with E-state index in [0.29, 0.717) is 23.1 Å². The second-order valence-corrected chi connectivity index (χ2v) is 4.70. The normalized spacial score (nSPS) is 10.2. The number of nitrogens with one attached hydrogen (secondary N) is 1. The average molecular weight is 309 g/mol. The van der Waals surface area contributed by atoms with E-state index in [4.69, 9.17) is 16.3 Å². The van der Waals surface area contributed by atoms with Crippen LogP contribution in [0, 0.1) is 5.95 Å². The van der Waals surface area contributed by atoms with Crippen LogP contribution in [0.2, 0.25) is 5.02 Å². The Balaban J connectivity index is 2.11. The number of hydrogen-bond donors (Lipinski definition) is 1. The fraction of sp³-hybridized carbons (Fsp3) is 0.200. The van der Waals surface area contributed by atoms with Crippen LogP contribution in [0.1, 0.15) is 23.7 Å². The molecule has 1 N–H and O–H groups in total. The molecule has 0 bridgehead atoms. The Morgan fingerprint density at radius 1 is 1.43 bits per heavy atom. The van der Waals surface area contributed by atoms with Crippen molar-refractivity contribution in [3.8, 4) is 5.75 Å². The number of amides is 1. The lowest BCUT2D eigenvalue weighted by molar-refractivity contribution is 0.102. The molecule has 1 heterocycles. The Morgan fingerprint density at radius 3 is 2.90 bits per heavy atom. The Hall–Kier alpha value is -2.14. The van der Waals surface area contributed by atoms with Gasteiger partial charge in [0.25, 0.3) is 5.91 Å². The van der Waals surface area contributed by atoms with E-state index < -0.39 is 11.9 Å². The number of aromatic nitrogens is 1. The van der Waals surface area contributed by atoms with Crippen molar-refractivity contribution in [3.63, 3.8) is 0 Å². The molecule has 1 aromatic heterocycles. The summed E-state index contributed by atoms with van der Waals surface area (Å²) in [4.78, 5) is 15.4. The Kier molecular flexibility index (Phi) is 5.11. The number of anilines is 1. The molecule has 110 valence electrons. The van der Waals surface area contributed by atoms with E-state index in [9.17, 15) is 9.18 Å². The van der Waals surface area contributed by atoms with Gasteiger partial charge in [-0.05, 0) is 36.8 Å². The van der Waals surface area contributed by atoms with Crippen LogP contribution < -0.4 is 10.1 Å². The maximum Gasteiger partial charge on any atom is 0.260 e. The Morgan fingerprint density at radius 2 is 2.24 bits per heavy atom. The summed E-state index contributed by atoms with van der Waals surface area (Å²) in [5.74, 6) is -0.855. The van der Waals surface area contributed by atoms with Gasteiger partial charge in [-0.2, -0.15) is 4.39 Å². The lowest BCUT2D eigenvalue weighted by atomic mass is 10.2. The molecule has 2 aromatic rings. The van der Waals surface area contributed by atoms with Crippen LogP contribution in [0.4, 0.5) is 10.1 Å². The molecule has 21 heavy (non-hydrogen) atoms. The highest BCUT2D eigenvalue weighted by Gasteiger charge is 2.13. The van der Waals surface area contributed by atoms with Crippen molar-refractivity contribution in [2.45, 2.75) is 13.3 Å². The smallest absolute Gasteiger partial charge is 0.260 e. The lowest BCUT2D eigenvalue weighted by Crippen LogP contribution is -2.14. The van der Waals surface area contributed by atoms with Gasteiger partial charge in [-0.1, -0.05) is 18.5 Å². The SMILES string of the molecule is CCCOc1ccc(NC(=O)c2cccnc2F)cc1Cl. The summed E-state index contributed by atoms with van der Waals surface area (Å²) in [7, 11) is 0. The number of rotatable bonds is 5. The van der Waals surface area contributed by atoms with Crippen LogP contribution >= 0.6 is 11.6 Å². The molecule has 0 aliphatic rings. The zero-order chi connectivity index (χ0) is 15.2. The second-order valence-electron chi connectivity index (χ2n) is 4.29. The average Bonchev–Trinajstić information content (AvgIpc) is 2.47. The van der Waals surface area contributed by atoms with Crippen LogP contribution in [0.5, 0.6) is 5.75 Å². The predicted molar refractivity (Wildman–Crippen MR) is 79.4 cm³/mol. The van der Waals surface area contributed by atoms with Crippen molar-refractivity contribution >= 4 is 23.2 Å². The molecule has 0 unspecified atom stereocenters. The van der Waals surface area contributed by atoms with E-state index in [-0.39, 0.29) is 5.56 Å². The molecule has 0 fully saturated rings. The molecule has 2 rings (SSSR count). The van der Waals surface area contributed by atoms with Gasteiger partial charge in [0.15, 0.2) is 0 Å². The number of pyridine rings is 1. The minimum atomic E-state index is -0.816. The van der Waals surface area contributed by atoms with Crippen molar-refractivity contribution in [1.29, 1.82) is 0 Å². The largest absolute Gasteiger partial charge is 0.492 e. The fourth-order valence-electron chi connectivity index (χ4n) is 1.66. The van der Waals surface area contributed by atoms with Crippen molar-refractivity contribution in [2.24, 2.45) is 0 Å². The lowest BCUT2D eigenvalue weighted by Gasteiger charge is -2.10. The number of ether oxygens (including phenoxy) is 1. The highest BCUT2D eigenvalue weighted by molar-refractivity contribution is 6.32. The first-order valence-electron chi connectivity index (χ1n) is 6.46. The summed E-state index contributed by atoms with van der Waals surface area (Å²) in [6, 6.07) is 7.71. The second kappa shape index (κ2) is 7.04. The quantitative estimate of drug-likeness (QED) is 0.852. The van der Waals surface area contributed by atoms with E-state index in [1.165, 1.54) is 18.3 Å². The van der Waals surface area contributed by atoms with E-state index in [0.717, 1.165) is 6.42 Å². The molecule has 0 aliphatic carbocycles. The highest BCUT2D eigenvalue weighted by Crippen LogP contribution is 2.28. The molecule has 6 heteroatoms. The molecule has 0 atom stereocenters. The first-order valence-corrected chi connectivity index (χ1v) is 6.84. The third kappa shape index (κ3) is 3.92. The summed E-state index contributed by atoms with van der Waals surface area (Å²) in [5, 5.41) is 2.95. The van der Waals surface area contributed by atoms with Crippen LogP contribution in [-0.2, 0) is 0 Å². The van der Waals surface area contributed by atoms with Crippen molar-refractivity contribution in [1.82, 2.24) is 4.98 Å². The molecule has 0 radical (unpaired) electrons. The zero-order valence-electron chi connectivity index (χ0n) is 11.4. The number of halogens is 2. The van der Waals surface area contributed by atoms with Crippen LogP contribution in [0.3, 0.4) is 0 Å². The van der Waals surface area contributed by atoms with Gasteiger partial charge < -0.3 is 10.1 Å². The Bertz CT molecular complexity index is 649. The summed E-state index contributed by atoms with van der Waals surface area (Å²) in [5.41, 5.74) is 0.331.